The van der Waals surface area contributed by atoms with E-state index >= 15 is 0 Å². The van der Waals surface area contributed by atoms with E-state index in [1.165, 1.54) is 25.7 Å². The van der Waals surface area contributed by atoms with Gasteiger partial charge in [-0.2, -0.15) is 0 Å². The average Bonchev–Trinajstić information content (AvgIpc) is 2.42. The van der Waals surface area contributed by atoms with Gasteiger partial charge < -0.3 is 5.73 Å². The van der Waals surface area contributed by atoms with Crippen LogP contribution < -0.4 is 5.73 Å². The Kier molecular flexibility index (Phi) is 7.68. The van der Waals surface area contributed by atoms with E-state index in [-0.39, 0.29) is 12.1 Å². The van der Waals surface area contributed by atoms with Crippen LogP contribution in [0.15, 0.2) is 24.4 Å². The van der Waals surface area contributed by atoms with Crippen molar-refractivity contribution in [1.82, 2.24) is 9.88 Å². The Morgan fingerprint density at radius 3 is 2.21 bits per heavy atom. The molecular formula is C16H29N3. The van der Waals surface area contributed by atoms with E-state index in [9.17, 15) is 0 Å². The minimum atomic E-state index is 0.101. The van der Waals surface area contributed by atoms with E-state index in [0.29, 0.717) is 0 Å². The Bertz CT molecular complexity index is 316. The third kappa shape index (κ3) is 5.29. The Balaban J connectivity index is 2.84. The van der Waals surface area contributed by atoms with Crippen LogP contribution in [0.2, 0.25) is 0 Å². The van der Waals surface area contributed by atoms with Crippen molar-refractivity contribution in [3.63, 3.8) is 0 Å². The molecule has 0 amide bonds. The van der Waals surface area contributed by atoms with Gasteiger partial charge in [-0.3, -0.25) is 9.88 Å². The van der Waals surface area contributed by atoms with Crippen LogP contribution in [-0.2, 0) is 0 Å². The largest absolute Gasteiger partial charge is 0.326 e. The highest BCUT2D eigenvalue weighted by Gasteiger charge is 2.24. The number of rotatable bonds is 9. The molecule has 2 N–H and O–H groups in total. The maximum absolute atomic E-state index is 6.23. The molecule has 0 saturated carbocycles. The monoisotopic (exact) mass is 263 g/mol. The second-order valence-corrected chi connectivity index (χ2v) is 5.30. The summed E-state index contributed by atoms with van der Waals surface area (Å²) in [6.45, 7) is 8.78. The second kappa shape index (κ2) is 9.05. The predicted molar refractivity (Wildman–Crippen MR) is 82.0 cm³/mol. The number of pyridine rings is 1. The van der Waals surface area contributed by atoms with Crippen LogP contribution in [0.25, 0.3) is 0 Å². The number of nitrogens with zero attached hydrogens (tertiary/aromatic N) is 2. The summed E-state index contributed by atoms with van der Waals surface area (Å²) in [5.41, 5.74) is 7.33. The first kappa shape index (κ1) is 16.1. The normalized spacial score (nSPS) is 14.6. The third-order valence-corrected chi connectivity index (χ3v) is 3.48. The summed E-state index contributed by atoms with van der Waals surface area (Å²) in [5.74, 6) is 0. The molecule has 1 rings (SSSR count). The lowest BCUT2D eigenvalue weighted by atomic mass is 10.0. The van der Waals surface area contributed by atoms with E-state index in [1.54, 1.807) is 0 Å². The Hall–Kier alpha value is -0.930. The van der Waals surface area contributed by atoms with Crippen LogP contribution in [-0.4, -0.2) is 29.0 Å². The molecule has 0 bridgehead atoms. The minimum Gasteiger partial charge on any atom is -0.326 e. The summed E-state index contributed by atoms with van der Waals surface area (Å²) >= 11 is 0. The summed E-state index contributed by atoms with van der Waals surface area (Å²) in [7, 11) is 0. The van der Waals surface area contributed by atoms with Crippen LogP contribution in [0.3, 0.4) is 0 Å². The topological polar surface area (TPSA) is 42.2 Å². The Morgan fingerprint density at radius 1 is 1.16 bits per heavy atom. The highest BCUT2D eigenvalue weighted by atomic mass is 15.2. The number of aromatic nitrogens is 1. The van der Waals surface area contributed by atoms with Crippen molar-refractivity contribution in [3.8, 4) is 0 Å². The van der Waals surface area contributed by atoms with Crippen LogP contribution in [0, 0.1) is 0 Å². The molecule has 108 valence electrons. The van der Waals surface area contributed by atoms with Gasteiger partial charge in [0.15, 0.2) is 0 Å². The van der Waals surface area contributed by atoms with Gasteiger partial charge in [-0.05, 0) is 45.0 Å². The fourth-order valence-corrected chi connectivity index (χ4v) is 2.45. The second-order valence-electron chi connectivity index (χ2n) is 5.30. The molecule has 1 aromatic rings. The molecule has 3 heteroatoms. The highest BCUT2D eigenvalue weighted by molar-refractivity contribution is 5.11. The van der Waals surface area contributed by atoms with E-state index in [2.05, 4.69) is 42.8 Å². The number of nitrogens with two attached hydrogens (primary N) is 1. The fourth-order valence-electron chi connectivity index (χ4n) is 2.45. The van der Waals surface area contributed by atoms with Crippen LogP contribution in [0.5, 0.6) is 0 Å². The van der Waals surface area contributed by atoms with Crippen molar-refractivity contribution in [2.75, 3.05) is 13.1 Å². The number of hydrogen-bond acceptors (Lipinski definition) is 3. The molecule has 0 saturated heterocycles. The Morgan fingerprint density at radius 2 is 1.79 bits per heavy atom. The van der Waals surface area contributed by atoms with E-state index in [1.807, 2.05) is 12.3 Å². The maximum Gasteiger partial charge on any atom is 0.0670 e. The van der Waals surface area contributed by atoms with Crippen LogP contribution in [0.1, 0.15) is 58.2 Å². The zero-order valence-corrected chi connectivity index (χ0v) is 12.7. The molecule has 0 aliphatic rings. The highest BCUT2D eigenvalue weighted by Crippen LogP contribution is 2.22. The lowest BCUT2D eigenvalue weighted by molar-refractivity contribution is 0.167. The summed E-state index contributed by atoms with van der Waals surface area (Å²) in [4.78, 5) is 7.03. The van der Waals surface area contributed by atoms with Crippen molar-refractivity contribution in [3.05, 3.63) is 30.1 Å². The van der Waals surface area contributed by atoms with Crippen molar-refractivity contribution < 1.29 is 0 Å². The van der Waals surface area contributed by atoms with E-state index in [4.69, 9.17) is 5.73 Å². The van der Waals surface area contributed by atoms with Crippen LogP contribution in [0.4, 0.5) is 0 Å². The smallest absolute Gasteiger partial charge is 0.0670 e. The van der Waals surface area contributed by atoms with Gasteiger partial charge in [-0.25, -0.2) is 0 Å². The molecular weight excluding hydrogens is 234 g/mol. The first-order valence-electron chi connectivity index (χ1n) is 7.61. The molecule has 0 aliphatic carbocycles. The minimum absolute atomic E-state index is 0.101. The molecule has 0 aliphatic heterocycles. The standard InChI is InChI=1S/C16H29N3/c1-4-6-12-19(13-7-5-2)16(14(3)17)15-10-8-9-11-18-15/h8-11,14,16H,4-7,12-13,17H2,1-3H3. The van der Waals surface area contributed by atoms with Gasteiger partial charge in [-0.15, -0.1) is 0 Å². The van der Waals surface area contributed by atoms with E-state index < -0.39 is 0 Å². The molecule has 2 atom stereocenters. The van der Waals surface area contributed by atoms with Gasteiger partial charge in [0.1, 0.15) is 0 Å². The fraction of sp³-hybridized carbons (Fsp3) is 0.688. The lowest BCUT2D eigenvalue weighted by Gasteiger charge is -2.34. The third-order valence-electron chi connectivity index (χ3n) is 3.48. The van der Waals surface area contributed by atoms with Crippen LogP contribution >= 0.6 is 0 Å². The lowest BCUT2D eigenvalue weighted by Crippen LogP contribution is -2.41. The number of unbranched alkanes of at least 4 members (excludes halogenated alkanes) is 2. The molecule has 2 unspecified atom stereocenters. The zero-order valence-electron chi connectivity index (χ0n) is 12.7. The summed E-state index contributed by atoms with van der Waals surface area (Å²) < 4.78 is 0. The molecule has 0 fully saturated rings. The molecule has 3 nitrogen and oxygen atoms in total. The molecule has 19 heavy (non-hydrogen) atoms. The maximum atomic E-state index is 6.23. The molecule has 0 aromatic carbocycles. The van der Waals surface area contributed by atoms with Gasteiger partial charge in [0, 0.05) is 12.2 Å². The first-order chi connectivity index (χ1) is 9.20. The SMILES string of the molecule is CCCCN(CCCC)C(c1ccccn1)C(C)N. The van der Waals surface area contributed by atoms with E-state index in [0.717, 1.165) is 18.8 Å². The number of hydrogen-bond donors (Lipinski definition) is 1. The van der Waals surface area contributed by atoms with Crippen molar-refractivity contribution >= 4 is 0 Å². The molecule has 1 heterocycles. The summed E-state index contributed by atoms with van der Waals surface area (Å²) in [6, 6.07) is 6.45. The molecule has 0 radical (unpaired) electrons. The van der Waals surface area contributed by atoms with Gasteiger partial charge >= 0.3 is 0 Å². The van der Waals surface area contributed by atoms with Gasteiger partial charge in [0.2, 0.25) is 0 Å². The van der Waals surface area contributed by atoms with Gasteiger partial charge in [0.05, 0.1) is 11.7 Å². The predicted octanol–water partition coefficient (Wildman–Crippen LogP) is 3.37. The quantitative estimate of drug-likeness (QED) is 0.742. The van der Waals surface area contributed by atoms with Gasteiger partial charge in [0.25, 0.3) is 0 Å². The summed E-state index contributed by atoms with van der Waals surface area (Å²) in [6.07, 6.45) is 6.75. The van der Waals surface area contributed by atoms with Crippen molar-refractivity contribution in [1.29, 1.82) is 0 Å². The first-order valence-corrected chi connectivity index (χ1v) is 7.61. The average molecular weight is 263 g/mol. The Labute approximate surface area is 118 Å². The van der Waals surface area contributed by atoms with Crippen molar-refractivity contribution in [2.45, 2.75) is 58.5 Å². The van der Waals surface area contributed by atoms with Crippen molar-refractivity contribution in [2.24, 2.45) is 5.73 Å². The van der Waals surface area contributed by atoms with Gasteiger partial charge in [-0.1, -0.05) is 32.8 Å². The zero-order chi connectivity index (χ0) is 14.1. The molecule has 0 spiro atoms. The molecule has 1 aromatic heterocycles. The summed E-state index contributed by atoms with van der Waals surface area (Å²) in [5, 5.41) is 0.